The largest absolute Gasteiger partial charge is 0.422 e. The van der Waals surface area contributed by atoms with Crippen molar-refractivity contribution in [3.05, 3.63) is 45.3 Å². The van der Waals surface area contributed by atoms with E-state index in [4.69, 9.17) is 9.52 Å². The van der Waals surface area contributed by atoms with E-state index in [9.17, 15) is 4.79 Å². The van der Waals surface area contributed by atoms with Gasteiger partial charge in [-0.1, -0.05) is 6.07 Å². The molecule has 0 fully saturated rings. The minimum absolute atomic E-state index is 0.153. The SMILES string of the molecule is CC[NH+](CCO)Cc1cc(=O)oc2c(C)cc(C)cc12. The van der Waals surface area contributed by atoms with Gasteiger partial charge in [0.05, 0.1) is 13.2 Å². The summed E-state index contributed by atoms with van der Waals surface area (Å²) in [7, 11) is 0. The van der Waals surface area contributed by atoms with E-state index in [2.05, 4.69) is 13.0 Å². The monoisotopic (exact) mass is 276 g/mol. The maximum absolute atomic E-state index is 11.7. The third kappa shape index (κ3) is 3.08. The molecule has 1 aromatic heterocycles. The van der Waals surface area contributed by atoms with Crippen LogP contribution in [0.25, 0.3) is 11.0 Å². The van der Waals surface area contributed by atoms with Crippen LogP contribution < -0.4 is 10.5 Å². The van der Waals surface area contributed by atoms with E-state index >= 15 is 0 Å². The Morgan fingerprint density at radius 2 is 2.00 bits per heavy atom. The Morgan fingerprint density at radius 1 is 1.25 bits per heavy atom. The van der Waals surface area contributed by atoms with E-state index < -0.39 is 0 Å². The molecule has 0 saturated heterocycles. The fourth-order valence-corrected chi connectivity index (χ4v) is 2.64. The van der Waals surface area contributed by atoms with Gasteiger partial charge in [-0.2, -0.15) is 0 Å². The van der Waals surface area contributed by atoms with Crippen molar-refractivity contribution in [2.24, 2.45) is 0 Å². The molecule has 2 aromatic rings. The van der Waals surface area contributed by atoms with Crippen LogP contribution in [0.15, 0.2) is 27.4 Å². The maximum Gasteiger partial charge on any atom is 0.336 e. The molecule has 4 heteroatoms. The molecule has 1 aromatic carbocycles. The lowest BCUT2D eigenvalue weighted by atomic mass is 10.0. The first-order valence-electron chi connectivity index (χ1n) is 7.03. The highest BCUT2D eigenvalue weighted by atomic mass is 16.4. The standard InChI is InChI=1S/C16H21NO3/c1-4-17(5-6-18)10-13-9-15(19)20-16-12(3)7-11(2)8-14(13)16/h7-9,18H,4-6,10H2,1-3H3/p+1. The molecule has 0 amide bonds. The van der Waals surface area contributed by atoms with Gasteiger partial charge in [0, 0.05) is 17.0 Å². The molecule has 0 saturated carbocycles. The molecule has 108 valence electrons. The number of quaternary nitrogens is 1. The molecule has 2 N–H and O–H groups in total. The van der Waals surface area contributed by atoms with Gasteiger partial charge in [0.2, 0.25) is 0 Å². The summed E-state index contributed by atoms with van der Waals surface area (Å²) >= 11 is 0. The van der Waals surface area contributed by atoms with Crippen LogP contribution in [0.2, 0.25) is 0 Å². The molecular formula is C16H22NO3+. The molecule has 0 bridgehead atoms. The molecule has 0 radical (unpaired) electrons. The normalized spacial score (nSPS) is 12.8. The number of benzene rings is 1. The highest BCUT2D eigenvalue weighted by molar-refractivity contribution is 5.83. The van der Waals surface area contributed by atoms with Crippen molar-refractivity contribution >= 4 is 11.0 Å². The number of aliphatic hydroxyl groups is 1. The van der Waals surface area contributed by atoms with Crippen molar-refractivity contribution in [2.75, 3.05) is 19.7 Å². The number of fused-ring (bicyclic) bond motifs is 1. The van der Waals surface area contributed by atoms with Gasteiger partial charge in [0.25, 0.3) is 0 Å². The van der Waals surface area contributed by atoms with Gasteiger partial charge in [-0.3, -0.25) is 0 Å². The number of hydrogen-bond donors (Lipinski definition) is 2. The number of hydrogen-bond acceptors (Lipinski definition) is 3. The summed E-state index contributed by atoms with van der Waals surface area (Å²) in [6.45, 7) is 8.55. The summed E-state index contributed by atoms with van der Waals surface area (Å²) in [6, 6.07) is 5.66. The molecule has 0 spiro atoms. The number of nitrogens with one attached hydrogen (secondary N) is 1. The highest BCUT2D eigenvalue weighted by Crippen LogP contribution is 2.22. The first-order chi connectivity index (χ1) is 9.55. The fraction of sp³-hybridized carbons (Fsp3) is 0.438. The van der Waals surface area contributed by atoms with Gasteiger partial charge in [0.15, 0.2) is 0 Å². The first-order valence-corrected chi connectivity index (χ1v) is 7.03. The molecule has 1 heterocycles. The van der Waals surface area contributed by atoms with Crippen molar-refractivity contribution in [3.8, 4) is 0 Å². The number of rotatable bonds is 5. The number of aryl methyl sites for hydroxylation is 2. The van der Waals surface area contributed by atoms with Gasteiger partial charge in [-0.15, -0.1) is 0 Å². The van der Waals surface area contributed by atoms with E-state index in [0.29, 0.717) is 12.1 Å². The van der Waals surface area contributed by atoms with Crippen LogP contribution in [0.3, 0.4) is 0 Å². The molecule has 0 aliphatic heterocycles. The quantitative estimate of drug-likeness (QED) is 0.795. The van der Waals surface area contributed by atoms with Gasteiger partial charge in [-0.05, 0) is 38.0 Å². The van der Waals surface area contributed by atoms with E-state index in [1.165, 1.54) is 4.90 Å². The van der Waals surface area contributed by atoms with Gasteiger partial charge >= 0.3 is 5.63 Å². The van der Waals surface area contributed by atoms with Crippen LogP contribution in [0, 0.1) is 13.8 Å². The maximum atomic E-state index is 11.7. The average Bonchev–Trinajstić information content (AvgIpc) is 2.39. The van der Waals surface area contributed by atoms with Crippen LogP contribution in [0.1, 0.15) is 23.6 Å². The second-order valence-electron chi connectivity index (χ2n) is 5.30. The summed E-state index contributed by atoms with van der Waals surface area (Å²) in [5.41, 5.74) is 3.51. The van der Waals surface area contributed by atoms with Crippen LogP contribution in [0.4, 0.5) is 0 Å². The lowest BCUT2D eigenvalue weighted by molar-refractivity contribution is -0.912. The van der Waals surface area contributed by atoms with E-state index in [-0.39, 0.29) is 12.2 Å². The van der Waals surface area contributed by atoms with E-state index in [1.807, 2.05) is 19.9 Å². The summed E-state index contributed by atoms with van der Waals surface area (Å²) in [5.74, 6) is 0. The zero-order valence-electron chi connectivity index (χ0n) is 12.3. The Morgan fingerprint density at radius 3 is 2.65 bits per heavy atom. The zero-order valence-corrected chi connectivity index (χ0v) is 12.3. The van der Waals surface area contributed by atoms with Crippen molar-refractivity contribution in [1.29, 1.82) is 0 Å². The predicted molar refractivity (Wildman–Crippen MR) is 79.1 cm³/mol. The molecule has 0 aliphatic carbocycles. The van der Waals surface area contributed by atoms with Crippen molar-refractivity contribution < 1.29 is 14.4 Å². The highest BCUT2D eigenvalue weighted by Gasteiger charge is 2.13. The van der Waals surface area contributed by atoms with E-state index in [1.54, 1.807) is 6.07 Å². The van der Waals surface area contributed by atoms with Crippen molar-refractivity contribution in [2.45, 2.75) is 27.3 Å². The predicted octanol–water partition coefficient (Wildman–Crippen LogP) is 0.807. The fourth-order valence-electron chi connectivity index (χ4n) is 2.64. The molecule has 1 unspecified atom stereocenters. The molecule has 20 heavy (non-hydrogen) atoms. The second kappa shape index (κ2) is 6.20. The Hall–Kier alpha value is -1.65. The Labute approximate surface area is 118 Å². The Bertz CT molecular complexity index is 661. The van der Waals surface area contributed by atoms with Crippen LogP contribution in [-0.2, 0) is 6.54 Å². The van der Waals surface area contributed by atoms with Crippen LogP contribution >= 0.6 is 0 Å². The lowest BCUT2D eigenvalue weighted by Gasteiger charge is -2.17. The number of aliphatic hydroxyl groups excluding tert-OH is 1. The molecule has 0 aliphatic rings. The topological polar surface area (TPSA) is 54.9 Å². The summed E-state index contributed by atoms with van der Waals surface area (Å²) < 4.78 is 5.35. The van der Waals surface area contributed by atoms with E-state index in [0.717, 1.165) is 35.2 Å². The summed E-state index contributed by atoms with van der Waals surface area (Å²) in [4.78, 5) is 13.0. The van der Waals surface area contributed by atoms with Crippen LogP contribution in [-0.4, -0.2) is 24.8 Å². The van der Waals surface area contributed by atoms with Gasteiger partial charge in [0.1, 0.15) is 18.7 Å². The zero-order chi connectivity index (χ0) is 14.7. The average molecular weight is 276 g/mol. The minimum Gasteiger partial charge on any atom is -0.422 e. The van der Waals surface area contributed by atoms with Gasteiger partial charge in [-0.25, -0.2) is 4.79 Å². The van der Waals surface area contributed by atoms with Crippen molar-refractivity contribution in [3.63, 3.8) is 0 Å². The Kier molecular flexibility index (Phi) is 4.57. The summed E-state index contributed by atoms with van der Waals surface area (Å²) in [6.07, 6.45) is 0. The third-order valence-corrected chi connectivity index (χ3v) is 3.67. The lowest BCUT2D eigenvalue weighted by Crippen LogP contribution is -3.10. The molecular weight excluding hydrogens is 254 g/mol. The molecule has 1 atom stereocenters. The van der Waals surface area contributed by atoms with Crippen molar-refractivity contribution in [1.82, 2.24) is 0 Å². The third-order valence-electron chi connectivity index (χ3n) is 3.67. The Balaban J connectivity index is 2.54. The van der Waals surface area contributed by atoms with Crippen LogP contribution in [0.5, 0.6) is 0 Å². The number of likely N-dealkylation sites (N-methyl/N-ethyl adjacent to an activating group) is 1. The second-order valence-corrected chi connectivity index (χ2v) is 5.30. The first kappa shape index (κ1) is 14.8. The minimum atomic E-state index is -0.307. The smallest absolute Gasteiger partial charge is 0.336 e. The molecule has 2 rings (SSSR count). The summed E-state index contributed by atoms with van der Waals surface area (Å²) in [5, 5.41) is 10.1. The molecule has 4 nitrogen and oxygen atoms in total. The van der Waals surface area contributed by atoms with Gasteiger partial charge < -0.3 is 14.4 Å².